The third-order valence-corrected chi connectivity index (χ3v) is 5.95. The van der Waals surface area contributed by atoms with E-state index in [-0.39, 0.29) is 18.8 Å². The molecule has 0 radical (unpaired) electrons. The SMILES string of the molecule is COCOC1CC(C(=O)n2ccc(-c3cccc(Cl)c3)c2)(c2ccc(Cl)cc2)C1. The van der Waals surface area contributed by atoms with Crippen molar-refractivity contribution in [3.05, 3.63) is 82.6 Å². The molecule has 4 rings (SSSR count). The van der Waals surface area contributed by atoms with Crippen molar-refractivity contribution in [1.82, 2.24) is 4.57 Å². The zero-order valence-electron chi connectivity index (χ0n) is 16.0. The first-order chi connectivity index (χ1) is 14.0. The lowest BCUT2D eigenvalue weighted by molar-refractivity contribution is -0.115. The number of hydrogen-bond acceptors (Lipinski definition) is 3. The van der Waals surface area contributed by atoms with Crippen LogP contribution < -0.4 is 0 Å². The summed E-state index contributed by atoms with van der Waals surface area (Å²) in [5.41, 5.74) is 2.22. The number of benzene rings is 2. The van der Waals surface area contributed by atoms with Crippen LogP contribution in [-0.2, 0) is 14.9 Å². The molecule has 1 aliphatic carbocycles. The van der Waals surface area contributed by atoms with Crippen LogP contribution in [0.5, 0.6) is 0 Å². The molecule has 150 valence electrons. The van der Waals surface area contributed by atoms with Crippen molar-refractivity contribution in [2.45, 2.75) is 24.4 Å². The van der Waals surface area contributed by atoms with Crippen LogP contribution in [-0.4, -0.2) is 30.5 Å². The summed E-state index contributed by atoms with van der Waals surface area (Å²) in [6, 6.07) is 17.0. The van der Waals surface area contributed by atoms with Crippen LogP contribution in [0.15, 0.2) is 67.0 Å². The second kappa shape index (κ2) is 8.33. The van der Waals surface area contributed by atoms with E-state index in [1.165, 1.54) is 0 Å². The van der Waals surface area contributed by atoms with Gasteiger partial charge in [0, 0.05) is 29.5 Å². The fraction of sp³-hybridized carbons (Fsp3) is 0.261. The van der Waals surface area contributed by atoms with Crippen LogP contribution in [0.25, 0.3) is 11.1 Å². The van der Waals surface area contributed by atoms with Crippen molar-refractivity contribution in [2.75, 3.05) is 13.9 Å². The zero-order valence-corrected chi connectivity index (χ0v) is 17.5. The fourth-order valence-electron chi connectivity index (χ4n) is 3.91. The lowest BCUT2D eigenvalue weighted by atomic mass is 9.62. The number of halogens is 2. The normalized spacial score (nSPS) is 21.0. The number of hydrogen-bond donors (Lipinski definition) is 0. The summed E-state index contributed by atoms with van der Waals surface area (Å²) in [6.45, 7) is 0.220. The van der Waals surface area contributed by atoms with Gasteiger partial charge in [0.1, 0.15) is 6.79 Å². The van der Waals surface area contributed by atoms with Crippen LogP contribution in [0.2, 0.25) is 10.0 Å². The van der Waals surface area contributed by atoms with Crippen LogP contribution in [0, 0.1) is 0 Å². The van der Waals surface area contributed by atoms with Gasteiger partial charge in [0.2, 0.25) is 5.91 Å². The molecule has 0 saturated heterocycles. The van der Waals surface area contributed by atoms with E-state index >= 15 is 0 Å². The highest BCUT2D eigenvalue weighted by Gasteiger charge is 2.52. The second-order valence-electron chi connectivity index (χ2n) is 7.32. The number of nitrogens with zero attached hydrogens (tertiary/aromatic N) is 1. The van der Waals surface area contributed by atoms with E-state index in [9.17, 15) is 4.79 Å². The Hall–Kier alpha value is -2.11. The molecule has 1 heterocycles. The lowest BCUT2D eigenvalue weighted by Crippen LogP contribution is -2.53. The van der Waals surface area contributed by atoms with Crippen LogP contribution >= 0.6 is 23.2 Å². The summed E-state index contributed by atoms with van der Waals surface area (Å²) in [5.74, 6) is 0.0189. The number of aromatic nitrogens is 1. The largest absolute Gasteiger partial charge is 0.359 e. The van der Waals surface area contributed by atoms with Gasteiger partial charge in [-0.2, -0.15) is 0 Å². The minimum atomic E-state index is -0.645. The molecule has 2 aromatic carbocycles. The van der Waals surface area contributed by atoms with Gasteiger partial charge < -0.3 is 9.47 Å². The van der Waals surface area contributed by atoms with Gasteiger partial charge in [-0.05, 0) is 59.9 Å². The van der Waals surface area contributed by atoms with Gasteiger partial charge in [0.15, 0.2) is 0 Å². The third kappa shape index (κ3) is 3.99. The molecule has 0 N–H and O–H groups in total. The van der Waals surface area contributed by atoms with E-state index in [1.807, 2.05) is 60.8 Å². The minimum absolute atomic E-state index is 0.0162. The molecule has 3 aromatic rings. The maximum Gasteiger partial charge on any atom is 0.241 e. The molecule has 0 aliphatic heterocycles. The van der Waals surface area contributed by atoms with Crippen molar-refractivity contribution < 1.29 is 14.3 Å². The molecule has 0 unspecified atom stereocenters. The summed E-state index contributed by atoms with van der Waals surface area (Å²) in [7, 11) is 1.59. The van der Waals surface area contributed by atoms with E-state index in [0.717, 1.165) is 16.7 Å². The highest BCUT2D eigenvalue weighted by atomic mass is 35.5. The Morgan fingerprint density at radius 2 is 1.83 bits per heavy atom. The maximum absolute atomic E-state index is 13.6. The van der Waals surface area contributed by atoms with Crippen molar-refractivity contribution in [1.29, 1.82) is 0 Å². The predicted octanol–water partition coefficient (Wildman–Crippen LogP) is 5.82. The van der Waals surface area contributed by atoms with E-state index in [0.29, 0.717) is 22.9 Å². The smallest absolute Gasteiger partial charge is 0.241 e. The standard InChI is InChI=1S/C23H21Cl2NO3/c1-28-15-29-21-12-23(13-21,18-5-7-19(24)8-6-18)22(27)26-10-9-17(14-26)16-3-2-4-20(25)11-16/h2-11,14,21H,12-13,15H2,1H3. The molecular weight excluding hydrogens is 409 g/mol. The molecule has 1 aromatic heterocycles. The molecule has 0 spiro atoms. The van der Waals surface area contributed by atoms with Gasteiger partial charge in [0.05, 0.1) is 11.5 Å². The summed E-state index contributed by atoms with van der Waals surface area (Å²) in [5, 5.41) is 1.31. The molecule has 1 aliphatic rings. The van der Waals surface area contributed by atoms with Gasteiger partial charge >= 0.3 is 0 Å². The van der Waals surface area contributed by atoms with Crippen molar-refractivity contribution in [3.63, 3.8) is 0 Å². The highest BCUT2D eigenvalue weighted by Crippen LogP contribution is 2.47. The second-order valence-corrected chi connectivity index (χ2v) is 8.19. The molecule has 6 heteroatoms. The topological polar surface area (TPSA) is 40.5 Å². The van der Waals surface area contributed by atoms with Gasteiger partial charge in [-0.15, -0.1) is 0 Å². The molecule has 1 fully saturated rings. The average Bonchev–Trinajstić information content (AvgIpc) is 3.18. The molecule has 29 heavy (non-hydrogen) atoms. The number of methoxy groups -OCH3 is 1. The Labute approximate surface area is 180 Å². The summed E-state index contributed by atoms with van der Waals surface area (Å²) in [4.78, 5) is 13.6. The fourth-order valence-corrected chi connectivity index (χ4v) is 4.23. The third-order valence-electron chi connectivity index (χ3n) is 5.47. The lowest BCUT2D eigenvalue weighted by Gasteiger charge is -2.46. The quantitative estimate of drug-likeness (QED) is 0.463. The Bertz CT molecular complexity index is 1010. The van der Waals surface area contributed by atoms with E-state index in [4.69, 9.17) is 32.7 Å². The first-order valence-corrected chi connectivity index (χ1v) is 10.1. The Morgan fingerprint density at radius 1 is 1.07 bits per heavy atom. The van der Waals surface area contributed by atoms with Gasteiger partial charge in [-0.3, -0.25) is 9.36 Å². The average molecular weight is 430 g/mol. The van der Waals surface area contributed by atoms with Crippen molar-refractivity contribution in [2.24, 2.45) is 0 Å². The highest BCUT2D eigenvalue weighted by molar-refractivity contribution is 6.31. The van der Waals surface area contributed by atoms with Crippen LogP contribution in [0.1, 0.15) is 23.2 Å². The Balaban J connectivity index is 1.63. The molecule has 1 saturated carbocycles. The summed E-state index contributed by atoms with van der Waals surface area (Å²) < 4.78 is 12.3. The predicted molar refractivity (Wildman–Crippen MR) is 115 cm³/mol. The van der Waals surface area contributed by atoms with E-state index in [2.05, 4.69) is 0 Å². The summed E-state index contributed by atoms with van der Waals surface area (Å²) in [6.07, 6.45) is 4.84. The minimum Gasteiger partial charge on any atom is -0.359 e. The van der Waals surface area contributed by atoms with Crippen LogP contribution in [0.4, 0.5) is 0 Å². The maximum atomic E-state index is 13.6. The number of carbonyl (C=O) groups is 1. The molecule has 0 bridgehead atoms. The Kier molecular flexibility index (Phi) is 5.79. The zero-order chi connectivity index (χ0) is 20.4. The van der Waals surface area contributed by atoms with Gasteiger partial charge in [-0.1, -0.05) is 47.5 Å². The first-order valence-electron chi connectivity index (χ1n) is 9.37. The number of carbonyl (C=O) groups excluding carboxylic acids is 1. The van der Waals surface area contributed by atoms with Crippen molar-refractivity contribution >= 4 is 29.1 Å². The first kappa shape index (κ1) is 20.2. The van der Waals surface area contributed by atoms with Gasteiger partial charge in [0.25, 0.3) is 0 Å². The van der Waals surface area contributed by atoms with E-state index < -0.39 is 5.41 Å². The number of ether oxygens (including phenoxy) is 2. The molecular formula is C23H21Cl2NO3. The monoisotopic (exact) mass is 429 g/mol. The molecule has 0 amide bonds. The number of rotatable bonds is 6. The summed E-state index contributed by atoms with van der Waals surface area (Å²) >= 11 is 12.2. The molecule has 4 nitrogen and oxygen atoms in total. The van der Waals surface area contributed by atoms with E-state index in [1.54, 1.807) is 17.9 Å². The Morgan fingerprint density at radius 3 is 2.52 bits per heavy atom. The van der Waals surface area contributed by atoms with Crippen molar-refractivity contribution in [3.8, 4) is 11.1 Å². The molecule has 0 atom stereocenters. The van der Waals surface area contributed by atoms with Gasteiger partial charge in [-0.25, -0.2) is 0 Å². The van der Waals surface area contributed by atoms with Crippen LogP contribution in [0.3, 0.4) is 0 Å².